The lowest BCUT2D eigenvalue weighted by atomic mass is 10.1. The van der Waals surface area contributed by atoms with E-state index < -0.39 is 0 Å². The Morgan fingerprint density at radius 3 is 2.37 bits per heavy atom. The fraction of sp³-hybridized carbons (Fsp3) is 0.192. The summed E-state index contributed by atoms with van der Waals surface area (Å²) in [6.07, 6.45) is 4.22. The SMILES string of the molecule is O=C(CCc1cn(Cc2ccccc2)c2ccccc12)NCCc1ccc(Cl)cc1. The van der Waals surface area contributed by atoms with Gasteiger partial charge in [0, 0.05) is 41.6 Å². The van der Waals surface area contributed by atoms with Gasteiger partial charge in [-0.3, -0.25) is 4.79 Å². The number of benzene rings is 3. The van der Waals surface area contributed by atoms with Gasteiger partial charge in [0.25, 0.3) is 0 Å². The fourth-order valence-corrected chi connectivity index (χ4v) is 3.89. The van der Waals surface area contributed by atoms with Gasteiger partial charge in [0.05, 0.1) is 0 Å². The quantitative estimate of drug-likeness (QED) is 0.396. The van der Waals surface area contributed by atoms with Crippen molar-refractivity contribution in [2.45, 2.75) is 25.8 Å². The second-order valence-corrected chi connectivity index (χ2v) is 7.95. The molecule has 0 radical (unpaired) electrons. The average Bonchev–Trinajstić information content (AvgIpc) is 3.12. The molecule has 0 unspecified atom stereocenters. The zero-order valence-corrected chi connectivity index (χ0v) is 17.6. The van der Waals surface area contributed by atoms with Gasteiger partial charge in [-0.15, -0.1) is 0 Å². The van der Waals surface area contributed by atoms with Crippen LogP contribution in [0, 0.1) is 0 Å². The topological polar surface area (TPSA) is 34.0 Å². The first-order chi connectivity index (χ1) is 14.7. The van der Waals surface area contributed by atoms with Crippen LogP contribution in [-0.4, -0.2) is 17.0 Å². The first-order valence-corrected chi connectivity index (χ1v) is 10.7. The number of halogens is 1. The van der Waals surface area contributed by atoms with E-state index in [1.165, 1.54) is 27.6 Å². The fourth-order valence-electron chi connectivity index (χ4n) is 3.77. The van der Waals surface area contributed by atoms with E-state index in [0.29, 0.717) is 13.0 Å². The number of carbonyl (C=O) groups is 1. The van der Waals surface area contributed by atoms with Gasteiger partial charge in [0.2, 0.25) is 5.91 Å². The van der Waals surface area contributed by atoms with E-state index in [-0.39, 0.29) is 5.91 Å². The van der Waals surface area contributed by atoms with E-state index >= 15 is 0 Å². The Morgan fingerprint density at radius 2 is 1.57 bits per heavy atom. The highest BCUT2D eigenvalue weighted by Crippen LogP contribution is 2.23. The predicted molar refractivity (Wildman–Crippen MR) is 124 cm³/mol. The number of amides is 1. The zero-order chi connectivity index (χ0) is 20.8. The maximum atomic E-state index is 12.4. The number of carbonyl (C=O) groups excluding carboxylic acids is 1. The maximum absolute atomic E-state index is 12.4. The molecule has 0 bridgehead atoms. The summed E-state index contributed by atoms with van der Waals surface area (Å²) in [7, 11) is 0. The highest BCUT2D eigenvalue weighted by Gasteiger charge is 2.10. The van der Waals surface area contributed by atoms with E-state index in [1.807, 2.05) is 30.3 Å². The molecule has 30 heavy (non-hydrogen) atoms. The van der Waals surface area contributed by atoms with E-state index in [2.05, 4.69) is 64.6 Å². The third-order valence-electron chi connectivity index (χ3n) is 5.34. The van der Waals surface area contributed by atoms with Crippen molar-refractivity contribution in [3.63, 3.8) is 0 Å². The Balaban J connectivity index is 1.36. The van der Waals surface area contributed by atoms with Crippen LogP contribution in [0.5, 0.6) is 0 Å². The van der Waals surface area contributed by atoms with Crippen molar-refractivity contribution in [1.82, 2.24) is 9.88 Å². The van der Waals surface area contributed by atoms with Crippen LogP contribution >= 0.6 is 11.6 Å². The van der Waals surface area contributed by atoms with Gasteiger partial charge < -0.3 is 9.88 Å². The number of para-hydroxylation sites is 1. The Kier molecular flexibility index (Phi) is 6.50. The molecule has 0 spiro atoms. The lowest BCUT2D eigenvalue weighted by Crippen LogP contribution is -2.25. The molecule has 0 atom stereocenters. The standard InChI is InChI=1S/C26H25ClN2O/c27-23-13-10-20(11-14-23)16-17-28-26(30)15-12-22-19-29(18-21-6-2-1-3-7-21)25-9-5-4-8-24(22)25/h1-11,13-14,19H,12,15-18H2,(H,28,30). The third-order valence-corrected chi connectivity index (χ3v) is 5.59. The number of fused-ring (bicyclic) bond motifs is 1. The van der Waals surface area contributed by atoms with Gasteiger partial charge in [-0.25, -0.2) is 0 Å². The lowest BCUT2D eigenvalue weighted by molar-refractivity contribution is -0.121. The van der Waals surface area contributed by atoms with Crippen LogP contribution in [0.1, 0.15) is 23.1 Å². The number of nitrogens with zero attached hydrogens (tertiary/aromatic N) is 1. The minimum absolute atomic E-state index is 0.0869. The number of nitrogens with one attached hydrogen (secondary N) is 1. The molecule has 3 nitrogen and oxygen atoms in total. The Morgan fingerprint density at radius 1 is 0.833 bits per heavy atom. The van der Waals surface area contributed by atoms with Gasteiger partial charge in [0.15, 0.2) is 0 Å². The molecule has 1 heterocycles. The zero-order valence-electron chi connectivity index (χ0n) is 16.9. The first kappa shape index (κ1) is 20.2. The molecule has 0 aliphatic rings. The van der Waals surface area contributed by atoms with Crippen molar-refractivity contribution >= 4 is 28.4 Å². The summed E-state index contributed by atoms with van der Waals surface area (Å²) in [5, 5.41) is 4.99. The molecule has 1 amide bonds. The minimum Gasteiger partial charge on any atom is -0.356 e. The Labute approximate surface area is 182 Å². The monoisotopic (exact) mass is 416 g/mol. The van der Waals surface area contributed by atoms with Crippen LogP contribution in [0.25, 0.3) is 10.9 Å². The van der Waals surface area contributed by atoms with Crippen LogP contribution in [-0.2, 0) is 24.2 Å². The van der Waals surface area contributed by atoms with Crippen LogP contribution in [0.2, 0.25) is 5.02 Å². The minimum atomic E-state index is 0.0869. The summed E-state index contributed by atoms with van der Waals surface area (Å²) >= 11 is 5.91. The normalized spacial score (nSPS) is 11.0. The molecule has 4 aromatic rings. The molecule has 0 saturated heterocycles. The molecule has 1 aromatic heterocycles. The molecule has 0 saturated carbocycles. The highest BCUT2D eigenvalue weighted by atomic mass is 35.5. The molecule has 4 rings (SSSR count). The summed E-state index contributed by atoms with van der Waals surface area (Å²) < 4.78 is 2.28. The van der Waals surface area contributed by atoms with Gasteiger partial charge >= 0.3 is 0 Å². The Hall–Kier alpha value is -3.04. The average molecular weight is 417 g/mol. The summed E-state index contributed by atoms with van der Waals surface area (Å²) in [5.41, 5.74) is 4.86. The van der Waals surface area contributed by atoms with Gasteiger partial charge in [0.1, 0.15) is 0 Å². The largest absolute Gasteiger partial charge is 0.356 e. The number of rotatable bonds is 8. The number of hydrogen-bond acceptors (Lipinski definition) is 1. The number of aromatic nitrogens is 1. The third kappa shape index (κ3) is 5.11. The number of aryl methyl sites for hydroxylation is 1. The maximum Gasteiger partial charge on any atom is 0.220 e. The first-order valence-electron chi connectivity index (χ1n) is 10.3. The van der Waals surface area contributed by atoms with E-state index in [4.69, 9.17) is 11.6 Å². The van der Waals surface area contributed by atoms with Gasteiger partial charge in [-0.05, 0) is 47.7 Å². The van der Waals surface area contributed by atoms with Gasteiger partial charge in [-0.1, -0.05) is 72.3 Å². The molecular formula is C26H25ClN2O. The van der Waals surface area contributed by atoms with E-state index in [0.717, 1.165) is 24.4 Å². The van der Waals surface area contributed by atoms with Crippen LogP contribution in [0.4, 0.5) is 0 Å². The summed E-state index contributed by atoms with van der Waals surface area (Å²) in [6.45, 7) is 1.46. The molecule has 4 heteroatoms. The highest BCUT2D eigenvalue weighted by molar-refractivity contribution is 6.30. The lowest BCUT2D eigenvalue weighted by Gasteiger charge is -2.06. The van der Waals surface area contributed by atoms with Crippen LogP contribution in [0.15, 0.2) is 85.1 Å². The van der Waals surface area contributed by atoms with E-state index in [1.54, 1.807) is 0 Å². The second kappa shape index (κ2) is 9.64. The van der Waals surface area contributed by atoms with Crippen molar-refractivity contribution in [3.05, 3.63) is 107 Å². The molecule has 3 aromatic carbocycles. The molecule has 152 valence electrons. The smallest absolute Gasteiger partial charge is 0.220 e. The van der Waals surface area contributed by atoms with Crippen LogP contribution < -0.4 is 5.32 Å². The summed E-state index contributed by atoms with van der Waals surface area (Å²) in [4.78, 5) is 12.4. The molecule has 1 N–H and O–H groups in total. The molecule has 0 fully saturated rings. The van der Waals surface area contributed by atoms with Crippen molar-refractivity contribution in [1.29, 1.82) is 0 Å². The molecular weight excluding hydrogens is 392 g/mol. The summed E-state index contributed by atoms with van der Waals surface area (Å²) in [6, 6.07) is 26.6. The van der Waals surface area contributed by atoms with Crippen molar-refractivity contribution in [2.75, 3.05) is 6.54 Å². The molecule has 0 aliphatic carbocycles. The van der Waals surface area contributed by atoms with Crippen molar-refractivity contribution < 1.29 is 4.79 Å². The second-order valence-electron chi connectivity index (χ2n) is 7.51. The van der Waals surface area contributed by atoms with Gasteiger partial charge in [-0.2, -0.15) is 0 Å². The van der Waals surface area contributed by atoms with Crippen molar-refractivity contribution in [3.8, 4) is 0 Å². The summed E-state index contributed by atoms with van der Waals surface area (Å²) in [5.74, 6) is 0.0869. The van der Waals surface area contributed by atoms with Crippen LogP contribution in [0.3, 0.4) is 0 Å². The van der Waals surface area contributed by atoms with E-state index in [9.17, 15) is 4.79 Å². The predicted octanol–water partition coefficient (Wildman–Crippen LogP) is 5.63. The number of hydrogen-bond donors (Lipinski definition) is 1. The Bertz CT molecular complexity index is 1120. The van der Waals surface area contributed by atoms with Crippen molar-refractivity contribution in [2.24, 2.45) is 0 Å². The molecule has 0 aliphatic heterocycles.